The Balaban J connectivity index is 1.74. The Kier molecular flexibility index (Phi) is 6.68. The normalized spacial score (nSPS) is 19.5. The van der Waals surface area contributed by atoms with Crippen LogP contribution in [0.1, 0.15) is 30.9 Å². The van der Waals surface area contributed by atoms with Gasteiger partial charge in [0.15, 0.2) is 0 Å². The fourth-order valence-electron chi connectivity index (χ4n) is 3.16. The van der Waals surface area contributed by atoms with Gasteiger partial charge >= 0.3 is 0 Å². The molecule has 0 saturated carbocycles. The van der Waals surface area contributed by atoms with Gasteiger partial charge in [0.2, 0.25) is 0 Å². The van der Waals surface area contributed by atoms with Gasteiger partial charge in [-0.1, -0.05) is 31.2 Å². The van der Waals surface area contributed by atoms with Crippen LogP contribution in [0.3, 0.4) is 0 Å². The fourth-order valence-corrected chi connectivity index (χ4v) is 3.16. The van der Waals surface area contributed by atoms with Gasteiger partial charge in [-0.3, -0.25) is 0 Å². The van der Waals surface area contributed by atoms with Crippen molar-refractivity contribution in [2.24, 2.45) is 5.92 Å². The highest BCUT2D eigenvalue weighted by Gasteiger charge is 2.20. The number of nitrogens with zero attached hydrogens (tertiary/aromatic N) is 2. The Labute approximate surface area is 130 Å². The van der Waals surface area contributed by atoms with Gasteiger partial charge in [0, 0.05) is 26.2 Å². The molecule has 0 aliphatic carbocycles. The van der Waals surface area contributed by atoms with Gasteiger partial charge in [-0.05, 0) is 57.1 Å². The molecule has 1 aromatic rings. The molecule has 0 aromatic heterocycles. The topological polar surface area (TPSA) is 18.5 Å². The van der Waals surface area contributed by atoms with Crippen molar-refractivity contribution in [1.29, 1.82) is 0 Å². The van der Waals surface area contributed by atoms with Crippen LogP contribution in [0.25, 0.3) is 0 Å². The van der Waals surface area contributed by atoms with E-state index < -0.39 is 0 Å². The largest absolute Gasteiger partial charge is 0.313 e. The molecule has 0 radical (unpaired) electrons. The van der Waals surface area contributed by atoms with Crippen molar-refractivity contribution in [2.75, 3.05) is 40.3 Å². The van der Waals surface area contributed by atoms with Gasteiger partial charge in [-0.2, -0.15) is 0 Å². The number of rotatable bonds is 8. The maximum absolute atomic E-state index is 3.45. The van der Waals surface area contributed by atoms with E-state index in [2.05, 4.69) is 60.4 Å². The van der Waals surface area contributed by atoms with Crippen molar-refractivity contribution in [1.82, 2.24) is 15.1 Å². The summed E-state index contributed by atoms with van der Waals surface area (Å²) in [4.78, 5) is 4.91. The molecule has 3 nitrogen and oxygen atoms in total. The van der Waals surface area contributed by atoms with E-state index in [9.17, 15) is 0 Å². The summed E-state index contributed by atoms with van der Waals surface area (Å²) in [7, 11) is 4.47. The first kappa shape index (κ1) is 16.5. The summed E-state index contributed by atoms with van der Waals surface area (Å²) < 4.78 is 0. The van der Waals surface area contributed by atoms with E-state index in [1.165, 1.54) is 43.6 Å². The fraction of sp³-hybridized carbons (Fsp3) is 0.667. The van der Waals surface area contributed by atoms with Gasteiger partial charge in [0.1, 0.15) is 0 Å². The third-order valence-electron chi connectivity index (χ3n) is 4.29. The van der Waals surface area contributed by atoms with Crippen molar-refractivity contribution >= 4 is 0 Å². The first-order valence-electron chi connectivity index (χ1n) is 8.33. The standard InChI is InChI=1S/C18H31N3/c1-4-10-19-12-16-5-7-17(8-6-16)13-21(3)15-18-9-11-20(2)14-18/h5-8,18-19H,4,9-15H2,1-3H3. The lowest BCUT2D eigenvalue weighted by Crippen LogP contribution is -2.27. The molecule has 1 N–H and O–H groups in total. The quantitative estimate of drug-likeness (QED) is 0.742. The molecule has 21 heavy (non-hydrogen) atoms. The lowest BCUT2D eigenvalue weighted by molar-refractivity contribution is 0.267. The summed E-state index contributed by atoms with van der Waals surface area (Å²) in [6.07, 6.45) is 2.54. The van der Waals surface area contributed by atoms with Crippen molar-refractivity contribution in [3.05, 3.63) is 35.4 Å². The van der Waals surface area contributed by atoms with Crippen LogP contribution in [0.2, 0.25) is 0 Å². The summed E-state index contributed by atoms with van der Waals surface area (Å²) >= 11 is 0. The zero-order valence-electron chi connectivity index (χ0n) is 13.9. The van der Waals surface area contributed by atoms with E-state index in [-0.39, 0.29) is 0 Å². The van der Waals surface area contributed by atoms with E-state index in [4.69, 9.17) is 0 Å². The maximum Gasteiger partial charge on any atom is 0.0230 e. The number of hydrogen-bond acceptors (Lipinski definition) is 3. The first-order valence-corrected chi connectivity index (χ1v) is 8.33. The predicted octanol–water partition coefficient (Wildman–Crippen LogP) is 2.57. The molecule has 0 bridgehead atoms. The van der Waals surface area contributed by atoms with E-state index in [0.717, 1.165) is 25.6 Å². The zero-order valence-corrected chi connectivity index (χ0v) is 13.9. The third-order valence-corrected chi connectivity index (χ3v) is 4.29. The monoisotopic (exact) mass is 289 g/mol. The van der Waals surface area contributed by atoms with Crippen LogP contribution in [0.4, 0.5) is 0 Å². The molecule has 1 aromatic carbocycles. The average molecular weight is 289 g/mol. The molecule has 0 spiro atoms. The van der Waals surface area contributed by atoms with Crippen LogP contribution in [0, 0.1) is 5.92 Å². The van der Waals surface area contributed by atoms with Gasteiger partial charge in [-0.15, -0.1) is 0 Å². The number of likely N-dealkylation sites (tertiary alicyclic amines) is 1. The predicted molar refractivity (Wildman–Crippen MR) is 90.4 cm³/mol. The summed E-state index contributed by atoms with van der Waals surface area (Å²) in [5.41, 5.74) is 2.80. The summed E-state index contributed by atoms with van der Waals surface area (Å²) in [6, 6.07) is 9.07. The summed E-state index contributed by atoms with van der Waals surface area (Å²) in [5.74, 6) is 0.845. The van der Waals surface area contributed by atoms with E-state index in [0.29, 0.717) is 0 Å². The van der Waals surface area contributed by atoms with Crippen LogP contribution >= 0.6 is 0 Å². The van der Waals surface area contributed by atoms with E-state index in [1.54, 1.807) is 0 Å². The molecule has 1 aliphatic heterocycles. The van der Waals surface area contributed by atoms with Gasteiger partial charge in [0.05, 0.1) is 0 Å². The first-order chi connectivity index (χ1) is 10.2. The lowest BCUT2D eigenvalue weighted by Gasteiger charge is -2.21. The van der Waals surface area contributed by atoms with Crippen molar-refractivity contribution in [3.8, 4) is 0 Å². The Morgan fingerprint density at radius 3 is 2.57 bits per heavy atom. The smallest absolute Gasteiger partial charge is 0.0230 e. The highest BCUT2D eigenvalue weighted by atomic mass is 15.1. The van der Waals surface area contributed by atoms with Crippen molar-refractivity contribution in [3.63, 3.8) is 0 Å². The molecular formula is C18H31N3. The highest BCUT2D eigenvalue weighted by molar-refractivity contribution is 5.22. The average Bonchev–Trinajstić information content (AvgIpc) is 2.86. The second-order valence-corrected chi connectivity index (χ2v) is 6.61. The molecule has 3 heteroatoms. The van der Waals surface area contributed by atoms with Crippen molar-refractivity contribution < 1.29 is 0 Å². The lowest BCUT2D eigenvalue weighted by atomic mass is 10.1. The summed E-state index contributed by atoms with van der Waals surface area (Å²) in [5, 5.41) is 3.45. The van der Waals surface area contributed by atoms with Crippen LogP contribution in [-0.4, -0.2) is 50.1 Å². The Morgan fingerprint density at radius 1 is 1.24 bits per heavy atom. The minimum Gasteiger partial charge on any atom is -0.313 e. The van der Waals surface area contributed by atoms with Gasteiger partial charge in [0.25, 0.3) is 0 Å². The van der Waals surface area contributed by atoms with Gasteiger partial charge < -0.3 is 15.1 Å². The molecule has 1 saturated heterocycles. The SMILES string of the molecule is CCCNCc1ccc(CN(C)CC2CCN(C)C2)cc1. The Morgan fingerprint density at radius 2 is 1.95 bits per heavy atom. The maximum atomic E-state index is 3.45. The molecular weight excluding hydrogens is 258 g/mol. The number of hydrogen-bond donors (Lipinski definition) is 1. The highest BCUT2D eigenvalue weighted by Crippen LogP contribution is 2.16. The minimum atomic E-state index is 0.845. The second-order valence-electron chi connectivity index (χ2n) is 6.61. The Hall–Kier alpha value is -0.900. The molecule has 1 unspecified atom stereocenters. The van der Waals surface area contributed by atoms with Crippen LogP contribution < -0.4 is 5.32 Å². The molecule has 0 amide bonds. The molecule has 1 aliphatic rings. The zero-order chi connectivity index (χ0) is 15.1. The van der Waals surface area contributed by atoms with Crippen LogP contribution in [0.5, 0.6) is 0 Å². The van der Waals surface area contributed by atoms with Crippen LogP contribution in [-0.2, 0) is 13.1 Å². The molecule has 2 rings (SSSR count). The molecule has 1 fully saturated rings. The summed E-state index contributed by atoms with van der Waals surface area (Å²) in [6.45, 7) is 9.07. The van der Waals surface area contributed by atoms with Crippen LogP contribution in [0.15, 0.2) is 24.3 Å². The van der Waals surface area contributed by atoms with Crippen molar-refractivity contribution in [2.45, 2.75) is 32.9 Å². The van der Waals surface area contributed by atoms with E-state index in [1.807, 2.05) is 0 Å². The third kappa shape index (κ3) is 5.77. The number of nitrogens with one attached hydrogen (secondary N) is 1. The van der Waals surface area contributed by atoms with E-state index >= 15 is 0 Å². The molecule has 1 atom stereocenters. The number of benzene rings is 1. The second kappa shape index (κ2) is 8.52. The Bertz CT molecular complexity index is 401. The van der Waals surface area contributed by atoms with Gasteiger partial charge in [-0.25, -0.2) is 0 Å². The minimum absolute atomic E-state index is 0.845. The molecule has 1 heterocycles. The molecule has 118 valence electrons.